The van der Waals surface area contributed by atoms with Gasteiger partial charge in [0.2, 0.25) is 5.96 Å². The summed E-state index contributed by atoms with van der Waals surface area (Å²) in [7, 11) is 1.52. The smallest absolute Gasteiger partial charge is 0.305 e. The van der Waals surface area contributed by atoms with Gasteiger partial charge in [-0.25, -0.2) is 13.8 Å². The molecule has 3 aromatic rings. The number of carboxylic acids is 1. The molecule has 0 radical (unpaired) electrons. The number of guanidine groups is 1. The number of hydrogen-bond acceptors (Lipinski definition) is 6. The van der Waals surface area contributed by atoms with E-state index in [1.807, 2.05) is 4.90 Å². The van der Waals surface area contributed by atoms with Gasteiger partial charge in [-0.05, 0) is 48.5 Å². The number of nitrogens with zero attached hydrogens (tertiary/aromatic N) is 4. The molecule has 0 bridgehead atoms. The lowest BCUT2D eigenvalue weighted by Crippen LogP contribution is -2.55. The molecule has 2 heterocycles. The Hall–Kier alpha value is -3.85. The Bertz CT molecular complexity index is 1340. The van der Waals surface area contributed by atoms with Crippen LogP contribution in [0, 0.1) is 11.6 Å². The van der Waals surface area contributed by atoms with E-state index >= 15 is 4.39 Å². The number of methoxy groups -OCH3 is 1. The van der Waals surface area contributed by atoms with Crippen LogP contribution in [0.5, 0.6) is 5.75 Å². The van der Waals surface area contributed by atoms with E-state index in [0.717, 1.165) is 5.69 Å². The molecular formula is C27H25ClF2N4O3. The molecule has 1 unspecified atom stereocenters. The standard InChI is InChI=1S/C27H25ClF2N4O3/c1-37-24-10-5-17(28)15-23(24)34-22(16-25(35)36)20-3-2-4-21(30)26(20)31-27(34)33-13-11-32(12-14-33)19-8-6-18(29)7-9-19/h2-10,15,22H,11-14,16H2,1H3,(H,35,36). The minimum absolute atomic E-state index is 0.127. The largest absolute Gasteiger partial charge is 0.495 e. The number of anilines is 2. The Morgan fingerprint density at radius 1 is 1.05 bits per heavy atom. The van der Waals surface area contributed by atoms with Crippen LogP contribution in [0.4, 0.5) is 25.8 Å². The van der Waals surface area contributed by atoms with Crippen molar-refractivity contribution >= 4 is 40.6 Å². The van der Waals surface area contributed by atoms with Crippen LogP contribution < -0.4 is 14.5 Å². The first-order valence-electron chi connectivity index (χ1n) is 11.8. The number of rotatable bonds is 5. The second-order valence-corrected chi connectivity index (χ2v) is 9.28. The molecule has 5 rings (SSSR count). The van der Waals surface area contributed by atoms with Gasteiger partial charge >= 0.3 is 5.97 Å². The van der Waals surface area contributed by atoms with Crippen LogP contribution in [-0.2, 0) is 4.79 Å². The highest BCUT2D eigenvalue weighted by molar-refractivity contribution is 6.31. The summed E-state index contributed by atoms with van der Waals surface area (Å²) in [6.45, 7) is 2.27. The number of halogens is 3. The number of aliphatic carboxylic acids is 1. The molecule has 1 atom stereocenters. The molecule has 2 aliphatic heterocycles. The van der Waals surface area contributed by atoms with Crippen molar-refractivity contribution in [2.24, 2.45) is 4.99 Å². The van der Waals surface area contributed by atoms with Gasteiger partial charge in [0.05, 0.1) is 25.3 Å². The van der Waals surface area contributed by atoms with Gasteiger partial charge in [-0.3, -0.25) is 4.79 Å². The normalized spacial score (nSPS) is 17.4. The topological polar surface area (TPSA) is 68.6 Å². The molecule has 3 aromatic carbocycles. The zero-order valence-corrected chi connectivity index (χ0v) is 20.8. The fourth-order valence-corrected chi connectivity index (χ4v) is 5.05. The van der Waals surface area contributed by atoms with Crippen LogP contribution in [-0.4, -0.2) is 55.2 Å². The predicted octanol–water partition coefficient (Wildman–Crippen LogP) is 5.47. The first-order valence-corrected chi connectivity index (χ1v) is 12.2. The monoisotopic (exact) mass is 526 g/mol. The number of carboxylic acid groups (broad SMARTS) is 1. The van der Waals surface area contributed by atoms with Crippen LogP contribution in [0.1, 0.15) is 18.0 Å². The molecule has 7 nitrogen and oxygen atoms in total. The van der Waals surface area contributed by atoms with Crippen LogP contribution in [0.2, 0.25) is 5.02 Å². The molecule has 0 saturated carbocycles. The Balaban J connectivity index is 1.58. The average Bonchev–Trinajstić information content (AvgIpc) is 2.89. The second-order valence-electron chi connectivity index (χ2n) is 8.84. The summed E-state index contributed by atoms with van der Waals surface area (Å²) in [6, 6.07) is 15.2. The van der Waals surface area contributed by atoms with E-state index in [9.17, 15) is 14.3 Å². The number of hydrogen-bond donors (Lipinski definition) is 1. The summed E-state index contributed by atoms with van der Waals surface area (Å²) in [5.74, 6) is -0.947. The Morgan fingerprint density at radius 2 is 1.76 bits per heavy atom. The zero-order valence-electron chi connectivity index (χ0n) is 20.1. The van der Waals surface area contributed by atoms with E-state index in [1.54, 1.807) is 47.4 Å². The molecule has 1 fully saturated rings. The van der Waals surface area contributed by atoms with Gasteiger partial charge in [-0.2, -0.15) is 0 Å². The lowest BCUT2D eigenvalue weighted by Gasteiger charge is -2.45. The fourth-order valence-electron chi connectivity index (χ4n) is 4.88. The van der Waals surface area contributed by atoms with Crippen molar-refractivity contribution < 1.29 is 23.4 Å². The predicted molar refractivity (Wildman–Crippen MR) is 139 cm³/mol. The molecular weight excluding hydrogens is 502 g/mol. The molecule has 10 heteroatoms. The Morgan fingerprint density at radius 3 is 2.43 bits per heavy atom. The molecule has 0 aliphatic carbocycles. The van der Waals surface area contributed by atoms with Gasteiger partial charge in [0, 0.05) is 42.5 Å². The molecule has 1 saturated heterocycles. The maximum Gasteiger partial charge on any atom is 0.305 e. The van der Waals surface area contributed by atoms with Gasteiger partial charge < -0.3 is 24.5 Å². The summed E-state index contributed by atoms with van der Waals surface area (Å²) >= 11 is 6.36. The van der Waals surface area contributed by atoms with Crippen LogP contribution in [0.3, 0.4) is 0 Å². The summed E-state index contributed by atoms with van der Waals surface area (Å²) in [4.78, 5) is 22.7. The maximum atomic E-state index is 15.0. The highest BCUT2D eigenvalue weighted by atomic mass is 35.5. The molecule has 37 heavy (non-hydrogen) atoms. The van der Waals surface area contributed by atoms with E-state index in [1.165, 1.54) is 25.3 Å². The van der Waals surface area contributed by atoms with Gasteiger partial charge in [-0.15, -0.1) is 0 Å². The highest BCUT2D eigenvalue weighted by Crippen LogP contribution is 2.45. The third kappa shape index (κ3) is 4.91. The first-order chi connectivity index (χ1) is 17.9. The lowest BCUT2D eigenvalue weighted by atomic mass is 9.97. The third-order valence-electron chi connectivity index (χ3n) is 6.64. The second kappa shape index (κ2) is 10.3. The summed E-state index contributed by atoms with van der Waals surface area (Å²) < 4.78 is 34.0. The molecule has 1 N–H and O–H groups in total. The van der Waals surface area contributed by atoms with E-state index in [-0.39, 0.29) is 17.9 Å². The van der Waals surface area contributed by atoms with Crippen LogP contribution >= 0.6 is 11.6 Å². The van der Waals surface area contributed by atoms with Gasteiger partial charge in [0.15, 0.2) is 0 Å². The van der Waals surface area contributed by atoms with E-state index < -0.39 is 17.8 Å². The van der Waals surface area contributed by atoms with E-state index in [2.05, 4.69) is 4.90 Å². The number of carbonyl (C=O) groups is 1. The number of piperazine rings is 1. The molecule has 0 spiro atoms. The minimum Gasteiger partial charge on any atom is -0.495 e. The fraction of sp³-hybridized carbons (Fsp3) is 0.259. The van der Waals surface area contributed by atoms with Crippen LogP contribution in [0.15, 0.2) is 65.7 Å². The van der Waals surface area contributed by atoms with Crippen LogP contribution in [0.25, 0.3) is 0 Å². The van der Waals surface area contributed by atoms with Crippen molar-refractivity contribution in [2.45, 2.75) is 12.5 Å². The molecule has 2 aliphatic rings. The highest BCUT2D eigenvalue weighted by Gasteiger charge is 2.38. The third-order valence-corrected chi connectivity index (χ3v) is 6.87. The number of fused-ring (bicyclic) bond motifs is 1. The minimum atomic E-state index is -1.03. The van der Waals surface area contributed by atoms with Gasteiger partial charge in [0.25, 0.3) is 0 Å². The number of para-hydroxylation sites is 1. The molecule has 192 valence electrons. The number of ether oxygens (including phenoxy) is 1. The van der Waals surface area contributed by atoms with E-state index in [4.69, 9.17) is 21.3 Å². The van der Waals surface area contributed by atoms with Crippen molar-refractivity contribution in [3.05, 3.63) is 82.9 Å². The quantitative estimate of drug-likeness (QED) is 0.475. The Kier molecular flexibility index (Phi) is 6.88. The van der Waals surface area contributed by atoms with Crippen molar-refractivity contribution in [3.63, 3.8) is 0 Å². The Labute approximate surface area is 218 Å². The SMILES string of the molecule is COc1ccc(Cl)cc1N1C(N2CCN(c3ccc(F)cc3)CC2)=Nc2c(F)cccc2C1CC(=O)O. The van der Waals surface area contributed by atoms with Gasteiger partial charge in [0.1, 0.15) is 23.1 Å². The van der Waals surface area contributed by atoms with Crippen molar-refractivity contribution in [2.75, 3.05) is 43.1 Å². The van der Waals surface area contributed by atoms with Crippen molar-refractivity contribution in [3.8, 4) is 5.75 Å². The summed E-state index contributed by atoms with van der Waals surface area (Å²) in [5.41, 5.74) is 2.04. The van der Waals surface area contributed by atoms with Crippen molar-refractivity contribution in [1.82, 2.24) is 4.90 Å². The van der Waals surface area contributed by atoms with E-state index in [0.29, 0.717) is 54.2 Å². The summed E-state index contributed by atoms with van der Waals surface area (Å²) in [6.07, 6.45) is -0.291. The molecule has 0 amide bonds. The summed E-state index contributed by atoms with van der Waals surface area (Å²) in [5, 5.41) is 10.3. The van der Waals surface area contributed by atoms with Gasteiger partial charge in [-0.1, -0.05) is 23.7 Å². The molecule has 0 aromatic heterocycles. The van der Waals surface area contributed by atoms with Crippen molar-refractivity contribution in [1.29, 1.82) is 0 Å². The average molecular weight is 527 g/mol. The maximum absolute atomic E-state index is 15.0. The first kappa shape index (κ1) is 24.8. The number of aliphatic imine (C=N–C) groups is 1. The zero-order chi connectivity index (χ0) is 26.1. The number of benzene rings is 3. The lowest BCUT2D eigenvalue weighted by molar-refractivity contribution is -0.137.